The first-order chi connectivity index (χ1) is 9.69. The van der Waals surface area contributed by atoms with Crippen molar-refractivity contribution in [3.63, 3.8) is 0 Å². The Morgan fingerprint density at radius 3 is 2.80 bits per heavy atom. The van der Waals surface area contributed by atoms with Gasteiger partial charge in [-0.05, 0) is 43.5 Å². The molecule has 2 rings (SSSR count). The van der Waals surface area contributed by atoms with E-state index in [1.807, 2.05) is 6.07 Å². The standard InChI is InChI=1S/C16H22N4/c1-4-5-9-17-15-8-10-18-16(20-15)19-14-11-12(2)6-7-13(14)3/h6-8,10-11H,4-5,9H2,1-3H3,(H2,17,18,19,20). The van der Waals surface area contributed by atoms with Gasteiger partial charge in [-0.3, -0.25) is 0 Å². The Labute approximate surface area is 120 Å². The van der Waals surface area contributed by atoms with Crippen LogP contribution in [0.5, 0.6) is 0 Å². The van der Waals surface area contributed by atoms with Gasteiger partial charge in [0.05, 0.1) is 0 Å². The Morgan fingerprint density at radius 1 is 1.15 bits per heavy atom. The molecule has 1 heterocycles. The van der Waals surface area contributed by atoms with E-state index in [9.17, 15) is 0 Å². The highest BCUT2D eigenvalue weighted by molar-refractivity contribution is 5.60. The van der Waals surface area contributed by atoms with E-state index in [1.54, 1.807) is 6.20 Å². The fourth-order valence-corrected chi connectivity index (χ4v) is 1.90. The number of anilines is 3. The van der Waals surface area contributed by atoms with E-state index in [0.717, 1.165) is 24.5 Å². The molecule has 0 aliphatic rings. The van der Waals surface area contributed by atoms with Crippen molar-refractivity contribution in [3.8, 4) is 0 Å². The summed E-state index contributed by atoms with van der Waals surface area (Å²) in [4.78, 5) is 8.75. The zero-order chi connectivity index (χ0) is 14.4. The van der Waals surface area contributed by atoms with Crippen LogP contribution in [-0.2, 0) is 0 Å². The van der Waals surface area contributed by atoms with Crippen molar-refractivity contribution in [2.75, 3.05) is 17.2 Å². The average Bonchev–Trinajstić information content (AvgIpc) is 2.44. The van der Waals surface area contributed by atoms with E-state index in [2.05, 4.69) is 59.6 Å². The number of nitrogens with zero attached hydrogens (tertiary/aromatic N) is 2. The lowest BCUT2D eigenvalue weighted by Gasteiger charge is -2.10. The number of hydrogen-bond acceptors (Lipinski definition) is 4. The third-order valence-electron chi connectivity index (χ3n) is 3.13. The van der Waals surface area contributed by atoms with Gasteiger partial charge in [0.25, 0.3) is 0 Å². The van der Waals surface area contributed by atoms with E-state index in [0.29, 0.717) is 5.95 Å². The van der Waals surface area contributed by atoms with Gasteiger partial charge in [0, 0.05) is 18.4 Å². The topological polar surface area (TPSA) is 49.8 Å². The first-order valence-corrected chi connectivity index (χ1v) is 7.10. The molecule has 0 saturated carbocycles. The highest BCUT2D eigenvalue weighted by Gasteiger charge is 2.02. The maximum atomic E-state index is 4.48. The second-order valence-corrected chi connectivity index (χ2v) is 4.99. The zero-order valence-corrected chi connectivity index (χ0v) is 12.4. The molecule has 0 saturated heterocycles. The maximum absolute atomic E-state index is 4.48. The van der Waals surface area contributed by atoms with Crippen LogP contribution in [0.4, 0.5) is 17.5 Å². The van der Waals surface area contributed by atoms with Crippen LogP contribution in [0, 0.1) is 13.8 Å². The number of benzene rings is 1. The second-order valence-electron chi connectivity index (χ2n) is 4.99. The van der Waals surface area contributed by atoms with Gasteiger partial charge in [0.15, 0.2) is 0 Å². The highest BCUT2D eigenvalue weighted by atomic mass is 15.1. The Hall–Kier alpha value is -2.10. The van der Waals surface area contributed by atoms with E-state index in [4.69, 9.17) is 0 Å². The van der Waals surface area contributed by atoms with Gasteiger partial charge in [-0.15, -0.1) is 0 Å². The van der Waals surface area contributed by atoms with Gasteiger partial charge in [-0.2, -0.15) is 4.98 Å². The van der Waals surface area contributed by atoms with Crippen LogP contribution in [0.1, 0.15) is 30.9 Å². The predicted octanol–water partition coefficient (Wildman–Crippen LogP) is 4.05. The fourth-order valence-electron chi connectivity index (χ4n) is 1.90. The normalized spacial score (nSPS) is 10.3. The van der Waals surface area contributed by atoms with Crippen LogP contribution in [0.3, 0.4) is 0 Å². The molecule has 0 bridgehead atoms. The fraction of sp³-hybridized carbons (Fsp3) is 0.375. The molecular weight excluding hydrogens is 248 g/mol. The molecule has 0 amide bonds. The van der Waals surface area contributed by atoms with Crippen LogP contribution >= 0.6 is 0 Å². The van der Waals surface area contributed by atoms with Gasteiger partial charge in [0.1, 0.15) is 5.82 Å². The number of aromatic nitrogens is 2. The molecule has 0 unspecified atom stereocenters. The average molecular weight is 270 g/mol. The van der Waals surface area contributed by atoms with Gasteiger partial charge in [-0.1, -0.05) is 25.5 Å². The molecule has 0 fully saturated rings. The molecule has 1 aromatic carbocycles. The lowest BCUT2D eigenvalue weighted by molar-refractivity contribution is 0.830. The lowest BCUT2D eigenvalue weighted by Crippen LogP contribution is -2.05. The molecule has 2 N–H and O–H groups in total. The summed E-state index contributed by atoms with van der Waals surface area (Å²) in [5, 5.41) is 6.59. The summed E-state index contributed by atoms with van der Waals surface area (Å²) in [5.74, 6) is 1.49. The van der Waals surface area contributed by atoms with Crippen LogP contribution in [0.15, 0.2) is 30.5 Å². The highest BCUT2D eigenvalue weighted by Crippen LogP contribution is 2.20. The molecular formula is C16H22N4. The van der Waals surface area contributed by atoms with Gasteiger partial charge >= 0.3 is 0 Å². The molecule has 0 atom stereocenters. The summed E-state index contributed by atoms with van der Waals surface area (Å²) in [6.45, 7) is 7.27. The molecule has 4 heteroatoms. The van der Waals surface area contributed by atoms with Crippen molar-refractivity contribution >= 4 is 17.5 Å². The summed E-state index contributed by atoms with van der Waals surface area (Å²) < 4.78 is 0. The van der Waals surface area contributed by atoms with Crippen molar-refractivity contribution in [1.29, 1.82) is 0 Å². The molecule has 1 aromatic heterocycles. The summed E-state index contributed by atoms with van der Waals surface area (Å²) >= 11 is 0. The lowest BCUT2D eigenvalue weighted by atomic mass is 10.1. The maximum Gasteiger partial charge on any atom is 0.229 e. The summed E-state index contributed by atoms with van der Waals surface area (Å²) in [6, 6.07) is 8.20. The first kappa shape index (κ1) is 14.3. The molecule has 0 spiro atoms. The molecule has 106 valence electrons. The Balaban J connectivity index is 2.09. The van der Waals surface area contributed by atoms with Gasteiger partial charge in [-0.25, -0.2) is 4.98 Å². The van der Waals surface area contributed by atoms with Crippen LogP contribution < -0.4 is 10.6 Å². The van der Waals surface area contributed by atoms with Crippen LogP contribution in [-0.4, -0.2) is 16.5 Å². The monoisotopic (exact) mass is 270 g/mol. The molecule has 0 aliphatic carbocycles. The predicted molar refractivity (Wildman–Crippen MR) is 84.6 cm³/mol. The molecule has 0 radical (unpaired) electrons. The van der Waals surface area contributed by atoms with Crippen molar-refractivity contribution < 1.29 is 0 Å². The Kier molecular flexibility index (Phi) is 4.93. The molecule has 2 aromatic rings. The molecule has 0 aliphatic heterocycles. The third kappa shape index (κ3) is 3.95. The summed E-state index contributed by atoms with van der Waals surface area (Å²) in [5.41, 5.74) is 3.45. The smallest absolute Gasteiger partial charge is 0.229 e. The first-order valence-electron chi connectivity index (χ1n) is 7.10. The van der Waals surface area contributed by atoms with E-state index < -0.39 is 0 Å². The van der Waals surface area contributed by atoms with Gasteiger partial charge < -0.3 is 10.6 Å². The Morgan fingerprint density at radius 2 is 2.00 bits per heavy atom. The summed E-state index contributed by atoms with van der Waals surface area (Å²) in [6.07, 6.45) is 4.09. The van der Waals surface area contributed by atoms with E-state index in [1.165, 1.54) is 17.5 Å². The van der Waals surface area contributed by atoms with Gasteiger partial charge in [0.2, 0.25) is 5.95 Å². The van der Waals surface area contributed by atoms with Crippen molar-refractivity contribution in [1.82, 2.24) is 9.97 Å². The summed E-state index contributed by atoms with van der Waals surface area (Å²) in [7, 11) is 0. The van der Waals surface area contributed by atoms with Crippen molar-refractivity contribution in [2.45, 2.75) is 33.6 Å². The SMILES string of the molecule is CCCCNc1ccnc(Nc2cc(C)ccc2C)n1. The number of unbranched alkanes of at least 4 members (excludes halogenated alkanes) is 1. The van der Waals surface area contributed by atoms with E-state index >= 15 is 0 Å². The number of nitrogens with one attached hydrogen (secondary N) is 2. The van der Waals surface area contributed by atoms with Crippen molar-refractivity contribution in [3.05, 3.63) is 41.6 Å². The number of rotatable bonds is 6. The second kappa shape index (κ2) is 6.89. The zero-order valence-electron chi connectivity index (χ0n) is 12.4. The van der Waals surface area contributed by atoms with Crippen molar-refractivity contribution in [2.24, 2.45) is 0 Å². The number of hydrogen-bond donors (Lipinski definition) is 2. The number of aryl methyl sites for hydroxylation is 2. The van der Waals surface area contributed by atoms with E-state index in [-0.39, 0.29) is 0 Å². The molecule has 20 heavy (non-hydrogen) atoms. The quantitative estimate of drug-likeness (QED) is 0.777. The minimum atomic E-state index is 0.625. The Bertz CT molecular complexity index is 566. The van der Waals surface area contributed by atoms with Crippen LogP contribution in [0.2, 0.25) is 0 Å². The minimum Gasteiger partial charge on any atom is -0.370 e. The largest absolute Gasteiger partial charge is 0.370 e. The minimum absolute atomic E-state index is 0.625. The van der Waals surface area contributed by atoms with Crippen LogP contribution in [0.25, 0.3) is 0 Å². The third-order valence-corrected chi connectivity index (χ3v) is 3.13. The molecule has 4 nitrogen and oxygen atoms in total.